The second kappa shape index (κ2) is 25.4. The average Bonchev–Trinajstić information content (AvgIpc) is 3.46. The first-order valence-corrected chi connectivity index (χ1v) is 27.2. The minimum absolute atomic E-state index is 0.144. The summed E-state index contributed by atoms with van der Waals surface area (Å²) in [5.74, 6) is 6.28. The number of aryl methyl sites for hydroxylation is 9. The van der Waals surface area contributed by atoms with Crippen molar-refractivity contribution in [1.82, 2.24) is 15.0 Å². The molecule has 11 rings (SSSR count). The van der Waals surface area contributed by atoms with Gasteiger partial charge in [0.1, 0.15) is 34.5 Å². The summed E-state index contributed by atoms with van der Waals surface area (Å²) in [4.78, 5) is 14.3. The van der Waals surface area contributed by atoms with Crippen molar-refractivity contribution in [3.8, 4) is 68.7 Å². The van der Waals surface area contributed by atoms with Gasteiger partial charge in [0.25, 0.3) is 0 Å². The normalized spacial score (nSPS) is 10.9. The summed E-state index contributed by atoms with van der Waals surface area (Å²) >= 11 is 0. The Labute approximate surface area is 473 Å². The van der Waals surface area contributed by atoms with Crippen LogP contribution in [0.25, 0.3) is 34.2 Å². The van der Waals surface area contributed by atoms with Gasteiger partial charge in [0.2, 0.25) is 0 Å². The van der Waals surface area contributed by atoms with E-state index >= 15 is 0 Å². The molecular weight excluding hydrogens is 979 g/mol. The van der Waals surface area contributed by atoms with Gasteiger partial charge in [-0.3, -0.25) is 0 Å². The minimum atomic E-state index is -0.144. The summed E-state index contributed by atoms with van der Waals surface area (Å²) in [6, 6.07) is 81.0. The fourth-order valence-electron chi connectivity index (χ4n) is 8.98. The lowest BCUT2D eigenvalue weighted by Gasteiger charge is -2.32. The molecule has 398 valence electrons. The predicted molar refractivity (Wildman–Crippen MR) is 330 cm³/mol. The van der Waals surface area contributed by atoms with Gasteiger partial charge < -0.3 is 14.2 Å². The molecule has 0 amide bonds. The Morgan fingerprint density at radius 3 is 0.600 bits per heavy atom. The smallest absolute Gasteiger partial charge is 0.164 e. The summed E-state index contributed by atoms with van der Waals surface area (Å²) in [6.07, 6.45) is 0. The lowest BCUT2D eigenvalue weighted by molar-refractivity contribution is 0.439. The van der Waals surface area contributed by atoms with E-state index in [0.717, 1.165) is 33.9 Å². The maximum absolute atomic E-state index is 6.07. The van der Waals surface area contributed by atoms with Crippen molar-refractivity contribution in [2.24, 2.45) is 0 Å². The quantitative estimate of drug-likeness (QED) is 0.114. The number of nitrogens with zero attached hydrogens (tertiary/aromatic N) is 3. The molecule has 6 heteroatoms. The van der Waals surface area contributed by atoms with E-state index < -0.39 is 0 Å². The molecule has 0 aliphatic rings. The Hall–Kier alpha value is -9.39. The molecule has 0 saturated carbocycles. The number of hydrogen-bond acceptors (Lipinski definition) is 6. The van der Waals surface area contributed by atoms with Crippen LogP contribution in [-0.2, 0) is 5.41 Å². The van der Waals surface area contributed by atoms with Crippen molar-refractivity contribution >= 4 is 0 Å². The van der Waals surface area contributed by atoms with Gasteiger partial charge in [0, 0.05) is 40.3 Å². The molecule has 10 aromatic carbocycles. The molecule has 1 heterocycles. The van der Waals surface area contributed by atoms with E-state index in [1.807, 2.05) is 112 Å². The molecule has 0 atom stereocenters. The molecule has 0 radical (unpaired) electrons. The summed E-state index contributed by atoms with van der Waals surface area (Å²) in [5, 5.41) is 0. The van der Waals surface area contributed by atoms with E-state index in [9.17, 15) is 0 Å². The third-order valence-electron chi connectivity index (χ3n) is 14.1. The van der Waals surface area contributed by atoms with Crippen molar-refractivity contribution in [2.75, 3.05) is 0 Å². The molecule has 6 nitrogen and oxygen atoms in total. The molecule has 0 saturated heterocycles. The van der Waals surface area contributed by atoms with E-state index in [-0.39, 0.29) is 5.41 Å². The average molecular weight is 1050 g/mol. The van der Waals surface area contributed by atoms with Gasteiger partial charge in [0.15, 0.2) is 17.5 Å². The predicted octanol–water partition coefficient (Wildman–Crippen LogP) is 19.8. The summed E-state index contributed by atoms with van der Waals surface area (Å²) in [7, 11) is 0. The van der Waals surface area contributed by atoms with Crippen LogP contribution in [0.15, 0.2) is 237 Å². The van der Waals surface area contributed by atoms with Crippen LogP contribution < -0.4 is 14.2 Å². The van der Waals surface area contributed by atoms with Crippen LogP contribution >= 0.6 is 0 Å². The summed E-state index contributed by atoms with van der Waals surface area (Å²) in [5.41, 5.74) is 17.9. The minimum Gasteiger partial charge on any atom is -0.457 e. The van der Waals surface area contributed by atoms with E-state index in [4.69, 9.17) is 29.2 Å². The highest BCUT2D eigenvalue weighted by molar-refractivity contribution is 5.67. The van der Waals surface area contributed by atoms with Crippen molar-refractivity contribution in [2.45, 2.75) is 74.7 Å². The number of ether oxygens (including phenoxy) is 3. The van der Waals surface area contributed by atoms with E-state index in [1.54, 1.807) is 0 Å². The molecule has 0 unspecified atom stereocenters. The zero-order valence-electron chi connectivity index (χ0n) is 47.6. The second-order valence-corrected chi connectivity index (χ2v) is 21.0. The first kappa shape index (κ1) is 55.4. The fraction of sp³-hybridized carbons (Fsp3) is 0.149. The van der Waals surface area contributed by atoms with E-state index in [2.05, 4.69) is 194 Å². The maximum Gasteiger partial charge on any atom is 0.164 e. The Kier molecular flexibility index (Phi) is 17.6. The van der Waals surface area contributed by atoms with Gasteiger partial charge in [-0.05, 0) is 122 Å². The zero-order chi connectivity index (χ0) is 56.2. The van der Waals surface area contributed by atoms with Crippen molar-refractivity contribution in [1.29, 1.82) is 0 Å². The Balaban J connectivity index is 0.000000146. The Morgan fingerprint density at radius 1 is 0.225 bits per heavy atom. The number of rotatable bonds is 12. The molecule has 0 aliphatic heterocycles. The third kappa shape index (κ3) is 14.6. The van der Waals surface area contributed by atoms with Crippen molar-refractivity contribution in [3.05, 3.63) is 303 Å². The molecule has 0 aliphatic carbocycles. The lowest BCUT2D eigenvalue weighted by Crippen LogP contribution is -2.25. The SMILES string of the molecule is Cc1ccc(-c2nc(-c3ccc(C)cc3)nc(-c3ccc(C)cc3)n2)cc1.Cc1ccc(C(C)(c2ccc(C)cc2)c2ccc(C)cc2)cc1.Cc1ccc(Oc2cc(Oc3ccc(C)cc3)cc(Oc3ccc(C)cc3)c2)cc1. The molecule has 0 spiro atoms. The van der Waals surface area contributed by atoms with Crippen LogP contribution in [0.2, 0.25) is 0 Å². The van der Waals surface area contributed by atoms with E-state index in [0.29, 0.717) is 34.7 Å². The Bertz CT molecular complexity index is 3340. The second-order valence-electron chi connectivity index (χ2n) is 21.0. The third-order valence-corrected chi connectivity index (χ3v) is 14.1. The highest BCUT2D eigenvalue weighted by Gasteiger charge is 2.31. The molecular formula is C74H69N3O3. The van der Waals surface area contributed by atoms with Crippen LogP contribution in [-0.4, -0.2) is 15.0 Å². The molecule has 80 heavy (non-hydrogen) atoms. The highest BCUT2D eigenvalue weighted by atomic mass is 16.5. The fourth-order valence-corrected chi connectivity index (χ4v) is 8.98. The summed E-state index contributed by atoms with van der Waals surface area (Å²) < 4.78 is 18.2. The van der Waals surface area contributed by atoms with Crippen LogP contribution in [0.5, 0.6) is 34.5 Å². The summed E-state index contributed by atoms with van der Waals surface area (Å²) in [6.45, 7) is 21.1. The largest absolute Gasteiger partial charge is 0.457 e. The highest BCUT2D eigenvalue weighted by Crippen LogP contribution is 2.40. The van der Waals surface area contributed by atoms with Gasteiger partial charge >= 0.3 is 0 Å². The molecule has 0 N–H and O–H groups in total. The molecule has 1 aromatic heterocycles. The topological polar surface area (TPSA) is 66.4 Å². The number of hydrogen-bond donors (Lipinski definition) is 0. The van der Waals surface area contributed by atoms with Crippen molar-refractivity contribution in [3.63, 3.8) is 0 Å². The van der Waals surface area contributed by atoms with Crippen LogP contribution in [0.1, 0.15) is 73.7 Å². The van der Waals surface area contributed by atoms with E-state index in [1.165, 1.54) is 66.8 Å². The monoisotopic (exact) mass is 1050 g/mol. The van der Waals surface area contributed by atoms with Gasteiger partial charge in [-0.25, -0.2) is 15.0 Å². The first-order chi connectivity index (χ1) is 38.6. The molecule has 11 aromatic rings. The standard InChI is InChI=1S/C27H24O3.C24H21N3.C23H24/c1-19-4-10-22(11-5-19)28-25-16-26(29-23-12-6-20(2)7-13-23)18-27(17-25)30-24-14-8-21(3)9-15-24;1-16-4-10-19(11-5-16)22-25-23(20-12-6-17(2)7-13-20)27-24(26-22)21-14-8-18(3)9-15-21;1-17-5-11-20(12-6-17)23(4,21-13-7-18(2)8-14-21)22-15-9-19(3)10-16-22/h4-18H,1-3H3;4-15H,1-3H3;5-16H,1-4H3. The van der Waals surface area contributed by atoms with Crippen LogP contribution in [0, 0.1) is 62.3 Å². The lowest BCUT2D eigenvalue weighted by atomic mass is 9.71. The van der Waals surface area contributed by atoms with Gasteiger partial charge in [-0.2, -0.15) is 0 Å². The van der Waals surface area contributed by atoms with Crippen molar-refractivity contribution < 1.29 is 14.2 Å². The van der Waals surface area contributed by atoms with Gasteiger partial charge in [-0.15, -0.1) is 0 Å². The van der Waals surface area contributed by atoms with Gasteiger partial charge in [-0.1, -0.05) is 232 Å². The molecule has 0 fully saturated rings. The zero-order valence-corrected chi connectivity index (χ0v) is 47.6. The van der Waals surface area contributed by atoms with Gasteiger partial charge in [0.05, 0.1) is 0 Å². The van der Waals surface area contributed by atoms with Crippen LogP contribution in [0.4, 0.5) is 0 Å². The molecule has 0 bridgehead atoms. The first-order valence-electron chi connectivity index (χ1n) is 27.2. The number of aromatic nitrogens is 3. The maximum atomic E-state index is 6.07. The Morgan fingerprint density at radius 2 is 0.400 bits per heavy atom. The van der Waals surface area contributed by atoms with Crippen LogP contribution in [0.3, 0.4) is 0 Å². The number of benzene rings is 10.